The number of aromatic amines is 2. The number of aromatic nitrogens is 3. The molecule has 0 unspecified atom stereocenters. The molecule has 2 aromatic carbocycles. The lowest BCUT2D eigenvalue weighted by Gasteiger charge is -2.07. The van der Waals surface area contributed by atoms with E-state index in [-0.39, 0.29) is 11.6 Å². The lowest BCUT2D eigenvalue weighted by Crippen LogP contribution is -2.05. The van der Waals surface area contributed by atoms with Crippen molar-refractivity contribution in [2.45, 2.75) is 6.92 Å². The van der Waals surface area contributed by atoms with Crippen LogP contribution in [0, 0.1) is 0 Å². The minimum atomic E-state index is -0.213. The van der Waals surface area contributed by atoms with Crippen LogP contribution in [0.25, 0.3) is 27.6 Å². The van der Waals surface area contributed by atoms with Crippen LogP contribution in [0.5, 0.6) is 0 Å². The van der Waals surface area contributed by atoms with Gasteiger partial charge in [0.15, 0.2) is 0 Å². The minimum Gasteiger partial charge on any atom is -0.326 e. The summed E-state index contributed by atoms with van der Waals surface area (Å²) in [6.07, 6.45) is 1.97. The Balaban J connectivity index is 1.83. The highest BCUT2D eigenvalue weighted by atomic mass is 16.1. The Kier molecular flexibility index (Phi) is 2.84. The van der Waals surface area contributed by atoms with Gasteiger partial charge in [-0.3, -0.25) is 4.79 Å². The molecule has 0 aliphatic rings. The quantitative estimate of drug-likeness (QED) is 0.532. The molecule has 1 amide bonds. The predicted octanol–water partition coefficient (Wildman–Crippen LogP) is 2.76. The van der Waals surface area contributed by atoms with E-state index in [9.17, 15) is 9.59 Å². The van der Waals surface area contributed by atoms with Crippen molar-refractivity contribution >= 4 is 33.5 Å². The van der Waals surface area contributed by atoms with Crippen molar-refractivity contribution in [1.29, 1.82) is 0 Å². The number of fused-ring (bicyclic) bond motifs is 2. The van der Waals surface area contributed by atoms with Gasteiger partial charge in [0.05, 0.1) is 16.6 Å². The highest BCUT2D eigenvalue weighted by molar-refractivity contribution is 5.93. The van der Waals surface area contributed by atoms with Crippen LogP contribution in [-0.4, -0.2) is 20.4 Å². The van der Waals surface area contributed by atoms with Crippen molar-refractivity contribution in [1.82, 2.24) is 14.5 Å². The summed E-state index contributed by atoms with van der Waals surface area (Å²) in [6, 6.07) is 13.5. The number of nitrogens with zero attached hydrogens (tertiary/aromatic N) is 1. The van der Waals surface area contributed by atoms with Crippen molar-refractivity contribution in [2.24, 2.45) is 0 Å². The highest BCUT2D eigenvalue weighted by Crippen LogP contribution is 2.24. The molecule has 0 saturated heterocycles. The van der Waals surface area contributed by atoms with Crippen LogP contribution in [0.2, 0.25) is 0 Å². The highest BCUT2D eigenvalue weighted by Gasteiger charge is 2.07. The van der Waals surface area contributed by atoms with Crippen LogP contribution in [0.4, 0.5) is 5.69 Å². The maximum Gasteiger partial charge on any atom is 0.323 e. The first-order valence-corrected chi connectivity index (χ1v) is 7.21. The van der Waals surface area contributed by atoms with Gasteiger partial charge in [0.1, 0.15) is 0 Å². The van der Waals surface area contributed by atoms with Crippen LogP contribution < -0.4 is 11.0 Å². The van der Waals surface area contributed by atoms with E-state index in [1.54, 1.807) is 0 Å². The third kappa shape index (κ3) is 2.30. The maximum atomic E-state index is 11.4. The summed E-state index contributed by atoms with van der Waals surface area (Å²) in [5.41, 5.74) is 4.08. The van der Waals surface area contributed by atoms with Gasteiger partial charge in [-0.15, -0.1) is 0 Å². The molecule has 0 spiro atoms. The molecule has 2 aromatic heterocycles. The summed E-state index contributed by atoms with van der Waals surface area (Å²) < 4.78 is 2.04. The first-order chi connectivity index (χ1) is 11.1. The van der Waals surface area contributed by atoms with Crippen LogP contribution in [0.1, 0.15) is 6.92 Å². The van der Waals surface area contributed by atoms with Crippen molar-refractivity contribution in [2.75, 3.05) is 5.32 Å². The van der Waals surface area contributed by atoms with E-state index in [0.717, 1.165) is 33.3 Å². The average molecular weight is 306 g/mol. The van der Waals surface area contributed by atoms with Crippen molar-refractivity contribution in [3.63, 3.8) is 0 Å². The minimum absolute atomic E-state index is 0.0920. The van der Waals surface area contributed by atoms with E-state index < -0.39 is 0 Å². The van der Waals surface area contributed by atoms with Crippen molar-refractivity contribution in [3.8, 4) is 5.69 Å². The number of imidazole rings is 1. The molecular formula is C17H14N4O2. The Hall–Kier alpha value is -3.28. The third-order valence-electron chi connectivity index (χ3n) is 3.79. The molecule has 0 atom stereocenters. The summed E-state index contributed by atoms with van der Waals surface area (Å²) in [5, 5.41) is 3.81. The molecule has 23 heavy (non-hydrogen) atoms. The number of benzene rings is 2. The first-order valence-electron chi connectivity index (χ1n) is 7.21. The van der Waals surface area contributed by atoms with E-state index in [1.807, 2.05) is 53.2 Å². The number of hydrogen-bond acceptors (Lipinski definition) is 2. The number of anilines is 1. The topological polar surface area (TPSA) is 82.7 Å². The van der Waals surface area contributed by atoms with Gasteiger partial charge in [-0.25, -0.2) is 4.79 Å². The standard InChI is InChI=1S/C17H14N4O2/c1-10(22)18-12-2-5-16-11(8-12)6-7-21(16)13-3-4-14-15(9-13)20-17(23)19-14/h2-9H,1H3,(H,18,22)(H2,19,20,23). The number of amides is 1. The Morgan fingerprint density at radius 2 is 1.87 bits per heavy atom. The fourth-order valence-corrected chi connectivity index (χ4v) is 2.82. The van der Waals surface area contributed by atoms with Gasteiger partial charge < -0.3 is 19.9 Å². The van der Waals surface area contributed by atoms with Crippen LogP contribution in [-0.2, 0) is 4.79 Å². The second kappa shape index (κ2) is 4.88. The molecule has 3 N–H and O–H groups in total. The fourth-order valence-electron chi connectivity index (χ4n) is 2.82. The van der Waals surface area contributed by atoms with Gasteiger partial charge in [-0.05, 0) is 42.5 Å². The van der Waals surface area contributed by atoms with E-state index in [1.165, 1.54) is 6.92 Å². The maximum absolute atomic E-state index is 11.4. The van der Waals surface area contributed by atoms with Crippen molar-refractivity contribution in [3.05, 3.63) is 59.1 Å². The molecule has 0 bridgehead atoms. The van der Waals surface area contributed by atoms with Crippen LogP contribution >= 0.6 is 0 Å². The van der Waals surface area contributed by atoms with Crippen molar-refractivity contribution < 1.29 is 4.79 Å². The summed E-state index contributed by atoms with van der Waals surface area (Å²) in [5.74, 6) is -0.0920. The summed E-state index contributed by atoms with van der Waals surface area (Å²) in [4.78, 5) is 28.0. The van der Waals surface area contributed by atoms with Gasteiger partial charge in [0.2, 0.25) is 5.91 Å². The zero-order chi connectivity index (χ0) is 16.0. The third-order valence-corrected chi connectivity index (χ3v) is 3.79. The number of nitrogens with one attached hydrogen (secondary N) is 3. The second-order valence-electron chi connectivity index (χ2n) is 5.45. The molecule has 0 fully saturated rings. The van der Waals surface area contributed by atoms with Crippen LogP contribution in [0.15, 0.2) is 53.5 Å². The molecule has 4 aromatic rings. The van der Waals surface area contributed by atoms with E-state index in [2.05, 4.69) is 15.3 Å². The normalized spacial score (nSPS) is 11.2. The number of carbonyl (C=O) groups is 1. The fraction of sp³-hybridized carbons (Fsp3) is 0.0588. The second-order valence-corrected chi connectivity index (χ2v) is 5.45. The van der Waals surface area contributed by atoms with Gasteiger partial charge in [0.25, 0.3) is 0 Å². The zero-order valence-corrected chi connectivity index (χ0v) is 12.4. The lowest BCUT2D eigenvalue weighted by atomic mass is 10.2. The SMILES string of the molecule is CC(=O)Nc1ccc2c(ccn2-c2ccc3[nH]c(=O)[nH]c3c2)c1. The summed E-state index contributed by atoms with van der Waals surface area (Å²) in [7, 11) is 0. The largest absolute Gasteiger partial charge is 0.326 e. The Morgan fingerprint density at radius 3 is 2.70 bits per heavy atom. The molecule has 0 saturated carbocycles. The Labute approximate surface area is 130 Å². The lowest BCUT2D eigenvalue weighted by molar-refractivity contribution is -0.114. The molecule has 6 nitrogen and oxygen atoms in total. The molecule has 6 heteroatoms. The van der Waals surface area contributed by atoms with Gasteiger partial charge in [-0.1, -0.05) is 0 Å². The molecule has 4 rings (SSSR count). The Bertz CT molecular complexity index is 1100. The van der Waals surface area contributed by atoms with E-state index in [4.69, 9.17) is 0 Å². The number of H-pyrrole nitrogens is 2. The molecule has 114 valence electrons. The molecular weight excluding hydrogens is 292 g/mol. The van der Waals surface area contributed by atoms with Gasteiger partial charge in [-0.2, -0.15) is 0 Å². The molecule has 2 heterocycles. The Morgan fingerprint density at radius 1 is 1.04 bits per heavy atom. The number of carbonyl (C=O) groups excluding carboxylic acids is 1. The summed E-state index contributed by atoms with van der Waals surface area (Å²) >= 11 is 0. The van der Waals surface area contributed by atoms with E-state index >= 15 is 0 Å². The number of rotatable bonds is 2. The van der Waals surface area contributed by atoms with E-state index in [0.29, 0.717) is 0 Å². The van der Waals surface area contributed by atoms with Crippen LogP contribution in [0.3, 0.4) is 0 Å². The monoisotopic (exact) mass is 306 g/mol. The average Bonchev–Trinajstić information content (AvgIpc) is 3.07. The smallest absolute Gasteiger partial charge is 0.323 e. The number of hydrogen-bond donors (Lipinski definition) is 3. The molecule has 0 aliphatic heterocycles. The van der Waals surface area contributed by atoms with Gasteiger partial charge in [0, 0.05) is 29.9 Å². The first kappa shape index (κ1) is 13.4. The molecule has 0 aliphatic carbocycles. The predicted molar refractivity (Wildman–Crippen MR) is 90.1 cm³/mol. The summed E-state index contributed by atoms with van der Waals surface area (Å²) in [6.45, 7) is 1.49. The van der Waals surface area contributed by atoms with Gasteiger partial charge >= 0.3 is 5.69 Å². The molecule has 0 radical (unpaired) electrons. The zero-order valence-electron chi connectivity index (χ0n) is 12.4.